The van der Waals surface area contributed by atoms with Gasteiger partial charge in [0.1, 0.15) is 6.54 Å². The van der Waals surface area contributed by atoms with Crippen molar-refractivity contribution < 1.29 is 30.2 Å². The quantitative estimate of drug-likeness (QED) is 0.149. The lowest BCUT2D eigenvalue weighted by Gasteiger charge is -2.12. The minimum absolute atomic E-state index is 0. The molecule has 1 aliphatic rings. The molecule has 0 bridgehead atoms. The number of aromatic nitrogens is 1. The summed E-state index contributed by atoms with van der Waals surface area (Å²) in [6.07, 6.45) is 6.81. The highest BCUT2D eigenvalue weighted by atomic mass is 35.5. The number of benzene rings is 3. The van der Waals surface area contributed by atoms with Crippen molar-refractivity contribution in [3.05, 3.63) is 101 Å². The predicted molar refractivity (Wildman–Crippen MR) is 156 cm³/mol. The van der Waals surface area contributed by atoms with Crippen LogP contribution in [0.15, 0.2) is 79.0 Å². The van der Waals surface area contributed by atoms with E-state index in [9.17, 15) is 13.2 Å². The Kier molecular flexibility index (Phi) is 9.57. The van der Waals surface area contributed by atoms with E-state index >= 15 is 0 Å². The largest absolute Gasteiger partial charge is 1.00 e. The fourth-order valence-corrected chi connectivity index (χ4v) is 5.61. The molecule has 2 nitrogen and oxygen atoms in total. The van der Waals surface area contributed by atoms with Crippen LogP contribution < -0.4 is 12.4 Å². The number of nitrogens with zero attached hydrogens (tertiary/aromatic N) is 2. The molecule has 3 aromatic carbocycles. The van der Waals surface area contributed by atoms with Crippen molar-refractivity contribution in [2.45, 2.75) is 65.1 Å². The maximum absolute atomic E-state index is 13.5. The molecule has 6 heteroatoms. The van der Waals surface area contributed by atoms with Crippen molar-refractivity contribution in [1.29, 1.82) is 0 Å². The van der Waals surface area contributed by atoms with Crippen LogP contribution in [0.1, 0.15) is 74.6 Å². The minimum atomic E-state index is -4.37. The Balaban J connectivity index is 0.00000370. The summed E-state index contributed by atoms with van der Waals surface area (Å²) in [6, 6.07) is 22.4. The third kappa shape index (κ3) is 6.05. The second-order valence-corrected chi connectivity index (χ2v) is 10.4. The van der Waals surface area contributed by atoms with Gasteiger partial charge >= 0.3 is 6.18 Å². The van der Waals surface area contributed by atoms with Crippen LogP contribution in [0.3, 0.4) is 0 Å². The van der Waals surface area contributed by atoms with E-state index in [1.54, 1.807) is 12.1 Å². The van der Waals surface area contributed by atoms with Crippen molar-refractivity contribution in [3.8, 4) is 0 Å². The standard InChI is InChI=1S/C34H36F3N2.ClH/c1-3-5-11-21-38-23-29(27-13-7-9-15-31(27)38)33(25-17-19-26(20-18-25)34(35,36)37)30-24-39(22-12-6-4-2)32-16-10-8-14-28(30)32;/h7-10,13-20,23-24H,3-6,11-12,21-22H2,1-2H3;1H/q+1;/p-1. The van der Waals surface area contributed by atoms with E-state index in [0.717, 1.165) is 96.0 Å². The summed E-state index contributed by atoms with van der Waals surface area (Å²) in [6.45, 7) is 6.22. The van der Waals surface area contributed by atoms with Gasteiger partial charge in [-0.15, -0.1) is 0 Å². The highest BCUT2D eigenvalue weighted by Crippen LogP contribution is 2.42. The molecule has 1 aliphatic heterocycles. The van der Waals surface area contributed by atoms with Gasteiger partial charge < -0.3 is 17.0 Å². The smallest absolute Gasteiger partial charge is 0.416 e. The molecule has 0 saturated carbocycles. The Hall–Kier alpha value is -3.31. The number of halogens is 4. The molecule has 40 heavy (non-hydrogen) atoms. The molecule has 4 aromatic rings. The maximum atomic E-state index is 13.5. The van der Waals surface area contributed by atoms with Crippen molar-refractivity contribution in [2.24, 2.45) is 0 Å². The third-order valence-electron chi connectivity index (χ3n) is 7.62. The Morgan fingerprint density at radius 2 is 1.48 bits per heavy atom. The molecule has 0 spiro atoms. The first-order valence-electron chi connectivity index (χ1n) is 14.1. The van der Waals surface area contributed by atoms with E-state index in [4.69, 9.17) is 0 Å². The van der Waals surface area contributed by atoms with Gasteiger partial charge in [0.05, 0.1) is 16.7 Å². The van der Waals surface area contributed by atoms with E-state index in [-0.39, 0.29) is 12.4 Å². The number of hydrogen-bond donors (Lipinski definition) is 0. The van der Waals surface area contributed by atoms with Gasteiger partial charge in [0.25, 0.3) is 0 Å². The Morgan fingerprint density at radius 3 is 2.20 bits per heavy atom. The fraction of sp³-hybridized carbons (Fsp3) is 0.324. The van der Waals surface area contributed by atoms with E-state index in [2.05, 4.69) is 71.8 Å². The van der Waals surface area contributed by atoms with Crippen molar-refractivity contribution >= 4 is 34.0 Å². The molecule has 0 radical (unpaired) electrons. The lowest BCUT2D eigenvalue weighted by molar-refractivity contribution is -0.432. The molecule has 5 rings (SSSR count). The van der Waals surface area contributed by atoms with Gasteiger partial charge in [0, 0.05) is 47.3 Å². The highest BCUT2D eigenvalue weighted by molar-refractivity contribution is 6.25. The van der Waals surface area contributed by atoms with Gasteiger partial charge in [-0.05, 0) is 42.7 Å². The topological polar surface area (TPSA) is 7.94 Å². The zero-order valence-electron chi connectivity index (χ0n) is 23.1. The van der Waals surface area contributed by atoms with Crippen LogP contribution in [-0.2, 0) is 12.7 Å². The first-order valence-corrected chi connectivity index (χ1v) is 14.1. The molecule has 2 heterocycles. The van der Waals surface area contributed by atoms with Crippen LogP contribution in [0.5, 0.6) is 0 Å². The van der Waals surface area contributed by atoms with Crippen LogP contribution in [0, 0.1) is 0 Å². The second kappa shape index (κ2) is 12.9. The summed E-state index contributed by atoms with van der Waals surface area (Å²) in [4.78, 5) is 0. The number of unbranched alkanes of at least 4 members (excludes halogenated alkanes) is 4. The van der Waals surface area contributed by atoms with E-state index < -0.39 is 11.7 Å². The molecule has 0 N–H and O–H groups in total. The first-order chi connectivity index (χ1) is 18.9. The first kappa shape index (κ1) is 29.7. The number of allylic oxidation sites excluding steroid dienone is 1. The molecule has 0 atom stereocenters. The monoisotopic (exact) mass is 564 g/mol. The van der Waals surface area contributed by atoms with Crippen molar-refractivity contribution in [1.82, 2.24) is 4.57 Å². The minimum Gasteiger partial charge on any atom is -1.00 e. The summed E-state index contributed by atoms with van der Waals surface area (Å²) in [7, 11) is 0. The Bertz CT molecular complexity index is 1510. The van der Waals surface area contributed by atoms with Crippen LogP contribution in [-0.4, -0.2) is 21.9 Å². The zero-order valence-corrected chi connectivity index (χ0v) is 23.9. The summed E-state index contributed by atoms with van der Waals surface area (Å²) < 4.78 is 45.0. The van der Waals surface area contributed by atoms with Gasteiger partial charge in [0.15, 0.2) is 6.21 Å². The predicted octanol–water partition coefficient (Wildman–Crippen LogP) is 6.73. The van der Waals surface area contributed by atoms with Crippen LogP contribution in [0.4, 0.5) is 18.9 Å². The second-order valence-electron chi connectivity index (χ2n) is 10.4. The molecule has 1 aromatic heterocycles. The van der Waals surface area contributed by atoms with Gasteiger partial charge in [-0.3, -0.25) is 0 Å². The lowest BCUT2D eigenvalue weighted by atomic mass is 9.89. The number of fused-ring (bicyclic) bond motifs is 2. The van der Waals surface area contributed by atoms with Gasteiger partial charge in [0.2, 0.25) is 5.69 Å². The zero-order chi connectivity index (χ0) is 27.4. The molecular weight excluding hydrogens is 529 g/mol. The van der Waals surface area contributed by atoms with E-state index in [0.29, 0.717) is 0 Å². The summed E-state index contributed by atoms with van der Waals surface area (Å²) >= 11 is 0. The normalized spacial score (nSPS) is 14.2. The summed E-state index contributed by atoms with van der Waals surface area (Å²) in [5.41, 5.74) is 6.66. The summed E-state index contributed by atoms with van der Waals surface area (Å²) in [5.74, 6) is 0. The van der Waals surface area contributed by atoms with Crippen LogP contribution >= 0.6 is 0 Å². The average Bonchev–Trinajstić information content (AvgIpc) is 3.48. The molecule has 0 saturated heterocycles. The van der Waals surface area contributed by atoms with E-state index in [1.165, 1.54) is 12.1 Å². The van der Waals surface area contributed by atoms with Crippen molar-refractivity contribution in [2.75, 3.05) is 6.54 Å². The SMILES string of the molecule is CCCCCn1cc(C(=C2C=[N+](CCCCC)c3ccccc32)c2ccc(C(F)(F)F)cc2)c2ccccc21.[Cl-]. The van der Waals surface area contributed by atoms with E-state index in [1.807, 2.05) is 12.1 Å². The number of alkyl halides is 3. The molecular formula is C34H36ClF3N2. The van der Waals surface area contributed by atoms with Crippen LogP contribution in [0.2, 0.25) is 0 Å². The number of hydrogen-bond acceptors (Lipinski definition) is 0. The van der Waals surface area contributed by atoms with Gasteiger partial charge in [-0.25, -0.2) is 0 Å². The average molecular weight is 565 g/mol. The highest BCUT2D eigenvalue weighted by Gasteiger charge is 2.32. The molecule has 0 unspecified atom stereocenters. The Labute approximate surface area is 241 Å². The summed E-state index contributed by atoms with van der Waals surface area (Å²) in [5, 5.41) is 1.12. The number of aryl methyl sites for hydroxylation is 1. The number of para-hydroxylation sites is 2. The van der Waals surface area contributed by atoms with Gasteiger partial charge in [-0.1, -0.05) is 75.6 Å². The third-order valence-corrected chi connectivity index (χ3v) is 7.62. The van der Waals surface area contributed by atoms with Crippen molar-refractivity contribution in [3.63, 3.8) is 0 Å². The molecule has 0 amide bonds. The van der Waals surface area contributed by atoms with Gasteiger partial charge in [-0.2, -0.15) is 17.7 Å². The Morgan fingerprint density at radius 1 is 0.800 bits per heavy atom. The fourth-order valence-electron chi connectivity index (χ4n) is 5.61. The lowest BCUT2D eigenvalue weighted by Crippen LogP contribution is -3.00. The molecule has 0 fully saturated rings. The maximum Gasteiger partial charge on any atom is 0.416 e. The molecule has 0 aliphatic carbocycles. The number of rotatable bonds is 10. The molecule has 210 valence electrons. The van der Waals surface area contributed by atoms with Crippen LogP contribution in [0.25, 0.3) is 22.0 Å².